The van der Waals surface area contributed by atoms with Gasteiger partial charge < -0.3 is 28.8 Å². The molecule has 0 radical (unpaired) electrons. The van der Waals surface area contributed by atoms with Gasteiger partial charge in [-0.1, -0.05) is 0 Å². The van der Waals surface area contributed by atoms with E-state index in [1.54, 1.807) is 20.3 Å². The molecule has 0 saturated heterocycles. The van der Waals surface area contributed by atoms with Crippen molar-refractivity contribution in [3.63, 3.8) is 0 Å². The van der Waals surface area contributed by atoms with Crippen LogP contribution in [0, 0.1) is 6.92 Å². The van der Waals surface area contributed by atoms with Crippen LogP contribution in [0.25, 0.3) is 16.6 Å². The third kappa shape index (κ3) is 5.53. The first-order chi connectivity index (χ1) is 18.0. The number of nitrogens with one attached hydrogen (secondary N) is 1. The number of imidazole rings is 1. The largest absolute Gasteiger partial charge is 0.490 e. The lowest BCUT2D eigenvalue weighted by atomic mass is 10.2. The molecule has 1 amide bonds. The van der Waals surface area contributed by atoms with Gasteiger partial charge in [0.25, 0.3) is 0 Å². The molecule has 0 aliphatic rings. The van der Waals surface area contributed by atoms with Crippen LogP contribution in [0.15, 0.2) is 73.4 Å². The Labute approximate surface area is 213 Å². The first-order valence-corrected chi connectivity index (χ1v) is 11.7. The predicted molar refractivity (Wildman–Crippen MR) is 140 cm³/mol. The van der Waals surface area contributed by atoms with Gasteiger partial charge in [-0.05, 0) is 55.0 Å². The maximum Gasteiger partial charge on any atom is 0.409 e. The van der Waals surface area contributed by atoms with Crippen LogP contribution in [0.4, 0.5) is 16.3 Å². The van der Waals surface area contributed by atoms with Crippen molar-refractivity contribution in [2.45, 2.75) is 6.92 Å². The van der Waals surface area contributed by atoms with Gasteiger partial charge in [0.05, 0.1) is 5.52 Å². The number of fused-ring (bicyclic) bond motifs is 2. The molecule has 1 N–H and O–H groups in total. The average molecular weight is 499 g/mol. The summed E-state index contributed by atoms with van der Waals surface area (Å²) in [5, 5.41) is 4.17. The summed E-state index contributed by atoms with van der Waals surface area (Å²) in [6, 6.07) is 15.2. The molecular formula is C27H26N6O4. The molecule has 188 valence electrons. The van der Waals surface area contributed by atoms with Gasteiger partial charge in [0.1, 0.15) is 48.3 Å². The number of hydrogen-bond acceptors (Lipinski definition) is 8. The van der Waals surface area contributed by atoms with Crippen LogP contribution in [0.3, 0.4) is 0 Å². The Balaban J connectivity index is 1.29. The summed E-state index contributed by atoms with van der Waals surface area (Å²) < 4.78 is 18.9. The van der Waals surface area contributed by atoms with Gasteiger partial charge in [0, 0.05) is 49.8 Å². The number of aryl methyl sites for hydroxylation is 1. The number of hydrogen-bond donors (Lipinski definition) is 1. The third-order valence-electron chi connectivity index (χ3n) is 5.58. The van der Waals surface area contributed by atoms with E-state index in [-0.39, 0.29) is 13.2 Å². The molecule has 3 aromatic heterocycles. The number of carbonyl (C=O) groups is 1. The number of rotatable bonds is 8. The first-order valence-electron chi connectivity index (χ1n) is 11.7. The number of anilines is 2. The van der Waals surface area contributed by atoms with E-state index >= 15 is 0 Å². The molecule has 10 heteroatoms. The highest BCUT2D eigenvalue weighted by Gasteiger charge is 2.10. The van der Waals surface area contributed by atoms with E-state index in [1.165, 1.54) is 11.2 Å². The highest BCUT2D eigenvalue weighted by Crippen LogP contribution is 2.31. The fourth-order valence-corrected chi connectivity index (χ4v) is 3.70. The van der Waals surface area contributed by atoms with Gasteiger partial charge in [-0.3, -0.25) is 0 Å². The van der Waals surface area contributed by atoms with Crippen LogP contribution in [-0.4, -0.2) is 57.7 Å². The maximum absolute atomic E-state index is 11.5. The van der Waals surface area contributed by atoms with Gasteiger partial charge in [-0.2, -0.15) is 0 Å². The Hall–Kier alpha value is -4.86. The average Bonchev–Trinajstić information content (AvgIpc) is 3.36. The number of benzene rings is 2. The van der Waals surface area contributed by atoms with Crippen LogP contribution in [0.1, 0.15) is 5.56 Å². The highest BCUT2D eigenvalue weighted by atomic mass is 16.6. The van der Waals surface area contributed by atoms with E-state index < -0.39 is 6.09 Å². The van der Waals surface area contributed by atoms with Crippen molar-refractivity contribution in [2.24, 2.45) is 0 Å². The molecule has 0 aliphatic heterocycles. The molecule has 0 spiro atoms. The lowest BCUT2D eigenvalue weighted by Crippen LogP contribution is -2.24. The zero-order chi connectivity index (χ0) is 25.8. The van der Waals surface area contributed by atoms with E-state index in [4.69, 9.17) is 14.2 Å². The fraction of sp³-hybridized carbons (Fsp3) is 0.185. The van der Waals surface area contributed by atoms with Crippen LogP contribution in [0.5, 0.6) is 17.2 Å². The first kappa shape index (κ1) is 23.9. The third-order valence-corrected chi connectivity index (χ3v) is 5.58. The van der Waals surface area contributed by atoms with Crippen molar-refractivity contribution < 1.29 is 19.0 Å². The zero-order valence-electron chi connectivity index (χ0n) is 20.7. The van der Waals surface area contributed by atoms with Crippen molar-refractivity contribution in [1.82, 2.24) is 24.3 Å². The minimum Gasteiger partial charge on any atom is -0.490 e. The molecule has 2 aromatic carbocycles. The van der Waals surface area contributed by atoms with Crippen molar-refractivity contribution in [2.75, 3.05) is 32.6 Å². The normalized spacial score (nSPS) is 10.9. The second-order valence-electron chi connectivity index (χ2n) is 8.52. The van der Waals surface area contributed by atoms with Gasteiger partial charge in [-0.15, -0.1) is 0 Å². The molecule has 0 saturated carbocycles. The molecule has 0 atom stereocenters. The molecule has 37 heavy (non-hydrogen) atoms. The Morgan fingerprint density at radius 1 is 0.973 bits per heavy atom. The number of pyridine rings is 1. The molecule has 5 aromatic rings. The lowest BCUT2D eigenvalue weighted by Gasteiger charge is -2.14. The molecule has 3 heterocycles. The second-order valence-corrected chi connectivity index (χ2v) is 8.52. The molecule has 0 fully saturated rings. The lowest BCUT2D eigenvalue weighted by molar-refractivity contribution is 0.102. The smallest absolute Gasteiger partial charge is 0.409 e. The predicted octanol–water partition coefficient (Wildman–Crippen LogP) is 5.20. The quantitative estimate of drug-likeness (QED) is 0.291. The van der Waals surface area contributed by atoms with E-state index in [2.05, 4.69) is 20.3 Å². The SMILES string of the molecule is Cc1cc(Nc2ncnc3ccc(OCCOC(=O)N(C)C)cc23)ccc1Oc1ccn2ccnc2c1. The Bertz CT molecular complexity index is 1570. The Kier molecular flexibility index (Phi) is 6.71. The number of nitrogens with zero attached hydrogens (tertiary/aromatic N) is 5. The van der Waals surface area contributed by atoms with Crippen molar-refractivity contribution in [1.29, 1.82) is 0 Å². The van der Waals surface area contributed by atoms with Gasteiger partial charge in [0.2, 0.25) is 0 Å². The number of ether oxygens (including phenoxy) is 3. The molecule has 5 rings (SSSR count). The molecule has 0 bridgehead atoms. The topological polar surface area (TPSA) is 103 Å². The Morgan fingerprint density at radius 2 is 1.86 bits per heavy atom. The van der Waals surface area contributed by atoms with Crippen LogP contribution < -0.4 is 14.8 Å². The van der Waals surface area contributed by atoms with Crippen molar-refractivity contribution >= 4 is 34.1 Å². The summed E-state index contributed by atoms with van der Waals surface area (Å²) in [5.74, 6) is 2.74. The van der Waals surface area contributed by atoms with Crippen molar-refractivity contribution in [3.05, 3.63) is 79.0 Å². The Morgan fingerprint density at radius 3 is 2.70 bits per heavy atom. The van der Waals surface area contributed by atoms with Crippen LogP contribution in [-0.2, 0) is 4.74 Å². The molecule has 0 unspecified atom stereocenters. The summed E-state index contributed by atoms with van der Waals surface area (Å²) in [4.78, 5) is 26.0. The van der Waals surface area contributed by atoms with Crippen molar-refractivity contribution in [3.8, 4) is 17.2 Å². The summed E-state index contributed by atoms with van der Waals surface area (Å²) in [6.45, 7) is 2.37. The van der Waals surface area contributed by atoms with E-state index in [9.17, 15) is 4.79 Å². The summed E-state index contributed by atoms with van der Waals surface area (Å²) in [5.41, 5.74) is 3.41. The summed E-state index contributed by atoms with van der Waals surface area (Å²) in [6.07, 6.45) is 6.66. The standard InChI is InChI=1S/C27H26N6O4/c1-18-14-19(4-7-24(18)37-21-8-10-33-11-9-28-25(33)16-21)31-26-22-15-20(5-6-23(22)29-17-30-26)35-12-13-36-27(34)32(2)3/h4-11,14-17H,12-13H2,1-3H3,(H,29,30,31). The molecule has 0 aliphatic carbocycles. The van der Waals surface area contributed by atoms with Gasteiger partial charge in [-0.25, -0.2) is 19.7 Å². The zero-order valence-corrected chi connectivity index (χ0v) is 20.7. The fourth-order valence-electron chi connectivity index (χ4n) is 3.70. The molecular weight excluding hydrogens is 472 g/mol. The van der Waals surface area contributed by atoms with E-state index in [1.807, 2.05) is 72.2 Å². The summed E-state index contributed by atoms with van der Waals surface area (Å²) >= 11 is 0. The van der Waals surface area contributed by atoms with E-state index in [0.717, 1.165) is 33.6 Å². The minimum atomic E-state index is -0.409. The van der Waals surface area contributed by atoms with Crippen LogP contribution >= 0.6 is 0 Å². The number of carbonyl (C=O) groups excluding carboxylic acids is 1. The van der Waals surface area contributed by atoms with Gasteiger partial charge >= 0.3 is 6.09 Å². The summed E-state index contributed by atoms with van der Waals surface area (Å²) in [7, 11) is 3.26. The van der Waals surface area contributed by atoms with Gasteiger partial charge in [0.15, 0.2) is 0 Å². The second kappa shape index (κ2) is 10.4. The monoisotopic (exact) mass is 498 g/mol. The maximum atomic E-state index is 11.5. The number of amides is 1. The highest BCUT2D eigenvalue weighted by molar-refractivity contribution is 5.91. The van der Waals surface area contributed by atoms with Crippen LogP contribution in [0.2, 0.25) is 0 Å². The number of aromatic nitrogens is 4. The van der Waals surface area contributed by atoms with E-state index in [0.29, 0.717) is 17.3 Å². The molecule has 10 nitrogen and oxygen atoms in total. The minimum absolute atomic E-state index is 0.148.